The van der Waals surface area contributed by atoms with Crippen molar-refractivity contribution in [3.63, 3.8) is 0 Å². The molecule has 0 radical (unpaired) electrons. The number of benzene rings is 2. The zero-order valence-electron chi connectivity index (χ0n) is 23.2. The third kappa shape index (κ3) is 10.5. The van der Waals surface area contributed by atoms with Crippen molar-refractivity contribution in [2.24, 2.45) is 5.92 Å². The molecule has 194 valence electrons. The Balaban J connectivity index is 1.33. The van der Waals surface area contributed by atoms with E-state index in [0.717, 1.165) is 11.8 Å². The molecule has 0 spiro atoms. The van der Waals surface area contributed by atoms with Gasteiger partial charge in [-0.15, -0.1) is 0 Å². The van der Waals surface area contributed by atoms with E-state index in [2.05, 4.69) is 62.4 Å². The Morgan fingerprint density at radius 1 is 0.514 bits per heavy atom. The minimum Gasteiger partial charge on any atom is -0.0654 e. The van der Waals surface area contributed by atoms with E-state index in [1.165, 1.54) is 139 Å². The van der Waals surface area contributed by atoms with Crippen LogP contribution in [0.2, 0.25) is 0 Å². The van der Waals surface area contributed by atoms with E-state index in [-0.39, 0.29) is 0 Å². The SMILES string of the molecule is CCCCCCCCCCCCc1ccc(-c2ccc(C3CCC(CCCCC)CC3)cc2)cc1. The van der Waals surface area contributed by atoms with E-state index in [0.29, 0.717) is 0 Å². The normalized spacial score (nSPS) is 18.1. The van der Waals surface area contributed by atoms with Gasteiger partial charge in [0.1, 0.15) is 0 Å². The first-order valence-electron chi connectivity index (χ1n) is 15.5. The molecule has 3 rings (SSSR count). The van der Waals surface area contributed by atoms with Gasteiger partial charge in [0.25, 0.3) is 0 Å². The van der Waals surface area contributed by atoms with E-state index < -0.39 is 0 Å². The first-order chi connectivity index (χ1) is 17.3. The Hall–Kier alpha value is -1.56. The monoisotopic (exact) mass is 474 g/mol. The molecular formula is C35H54. The minimum atomic E-state index is 0.787. The maximum absolute atomic E-state index is 2.41. The number of unbranched alkanes of at least 4 members (excludes halogenated alkanes) is 11. The summed E-state index contributed by atoms with van der Waals surface area (Å²) in [5.41, 5.74) is 5.80. The van der Waals surface area contributed by atoms with E-state index in [1.807, 2.05) is 0 Å². The van der Waals surface area contributed by atoms with E-state index >= 15 is 0 Å². The van der Waals surface area contributed by atoms with E-state index in [1.54, 1.807) is 5.56 Å². The molecule has 0 saturated heterocycles. The molecule has 35 heavy (non-hydrogen) atoms. The van der Waals surface area contributed by atoms with E-state index in [4.69, 9.17) is 0 Å². The minimum absolute atomic E-state index is 0.787. The van der Waals surface area contributed by atoms with Gasteiger partial charge in [0.05, 0.1) is 0 Å². The summed E-state index contributed by atoms with van der Waals surface area (Å²) in [4.78, 5) is 0. The maximum Gasteiger partial charge on any atom is -0.0162 e. The third-order valence-electron chi connectivity index (χ3n) is 8.55. The summed E-state index contributed by atoms with van der Waals surface area (Å²) in [7, 11) is 0. The van der Waals surface area contributed by atoms with Crippen LogP contribution in [0.25, 0.3) is 11.1 Å². The Kier molecular flexibility index (Phi) is 13.6. The van der Waals surface area contributed by atoms with Crippen LogP contribution in [0.1, 0.15) is 146 Å². The van der Waals surface area contributed by atoms with Gasteiger partial charge in [0.2, 0.25) is 0 Å². The first kappa shape index (κ1) is 28.0. The molecule has 0 unspecified atom stereocenters. The first-order valence-corrected chi connectivity index (χ1v) is 15.5. The van der Waals surface area contributed by atoms with Crippen molar-refractivity contribution >= 4 is 0 Å². The van der Waals surface area contributed by atoms with Crippen LogP contribution in [0.15, 0.2) is 48.5 Å². The second-order valence-corrected chi connectivity index (χ2v) is 11.5. The summed E-state index contributed by atoms with van der Waals surface area (Å²) in [6, 6.07) is 18.9. The second-order valence-electron chi connectivity index (χ2n) is 11.5. The summed E-state index contributed by atoms with van der Waals surface area (Å²) in [5, 5.41) is 0. The van der Waals surface area contributed by atoms with Crippen molar-refractivity contribution in [2.45, 2.75) is 142 Å². The standard InChI is InChI=1S/C35H54/c1-3-5-7-8-9-10-11-12-13-15-17-31-20-24-33(25-21-31)35-28-26-34(27-29-35)32-22-18-30(19-23-32)16-14-6-4-2/h20-21,24-30,32H,3-19,22-23H2,1-2H3. The van der Waals surface area contributed by atoms with Crippen LogP contribution < -0.4 is 0 Å². The molecule has 0 nitrogen and oxygen atoms in total. The molecule has 1 saturated carbocycles. The lowest BCUT2D eigenvalue weighted by atomic mass is 9.77. The van der Waals surface area contributed by atoms with Crippen LogP contribution in [0, 0.1) is 5.92 Å². The number of aryl methyl sites for hydroxylation is 1. The fraction of sp³-hybridized carbons (Fsp3) is 0.657. The molecule has 0 N–H and O–H groups in total. The van der Waals surface area contributed by atoms with Crippen LogP contribution >= 0.6 is 0 Å². The average molecular weight is 475 g/mol. The Labute approximate surface area is 218 Å². The summed E-state index contributed by atoms with van der Waals surface area (Å²) >= 11 is 0. The second kappa shape index (κ2) is 17.0. The molecular weight excluding hydrogens is 420 g/mol. The van der Waals surface area contributed by atoms with Crippen molar-refractivity contribution in [3.05, 3.63) is 59.7 Å². The maximum atomic E-state index is 2.41. The molecule has 2 aromatic rings. The summed E-state index contributed by atoms with van der Waals surface area (Å²) in [5.74, 6) is 1.78. The number of hydrogen-bond acceptors (Lipinski definition) is 0. The zero-order valence-corrected chi connectivity index (χ0v) is 23.2. The lowest BCUT2D eigenvalue weighted by molar-refractivity contribution is 0.303. The lowest BCUT2D eigenvalue weighted by Gasteiger charge is -2.29. The van der Waals surface area contributed by atoms with Crippen LogP contribution in [0.4, 0.5) is 0 Å². The zero-order chi connectivity index (χ0) is 24.6. The smallest absolute Gasteiger partial charge is 0.0162 e. The largest absolute Gasteiger partial charge is 0.0654 e. The number of rotatable bonds is 17. The molecule has 0 amide bonds. The van der Waals surface area contributed by atoms with Crippen molar-refractivity contribution in [1.82, 2.24) is 0 Å². The van der Waals surface area contributed by atoms with Crippen molar-refractivity contribution in [2.75, 3.05) is 0 Å². The van der Waals surface area contributed by atoms with Gasteiger partial charge in [-0.3, -0.25) is 0 Å². The van der Waals surface area contributed by atoms with Gasteiger partial charge in [0, 0.05) is 0 Å². The number of hydrogen-bond donors (Lipinski definition) is 0. The van der Waals surface area contributed by atoms with Gasteiger partial charge in [-0.05, 0) is 72.6 Å². The van der Waals surface area contributed by atoms with Crippen LogP contribution in [0.3, 0.4) is 0 Å². The highest BCUT2D eigenvalue weighted by Crippen LogP contribution is 2.38. The molecule has 1 aliphatic rings. The average Bonchev–Trinajstić information content (AvgIpc) is 2.91. The lowest BCUT2D eigenvalue weighted by Crippen LogP contribution is -2.13. The highest BCUT2D eigenvalue weighted by atomic mass is 14.3. The molecule has 0 atom stereocenters. The van der Waals surface area contributed by atoms with Crippen molar-refractivity contribution in [1.29, 1.82) is 0 Å². The summed E-state index contributed by atoms with van der Waals surface area (Å²) in [6.45, 7) is 4.61. The fourth-order valence-corrected chi connectivity index (χ4v) is 6.10. The Bertz CT molecular complexity index is 761. The molecule has 2 aromatic carbocycles. The Morgan fingerprint density at radius 2 is 1.00 bits per heavy atom. The van der Waals surface area contributed by atoms with Crippen LogP contribution in [0.5, 0.6) is 0 Å². The predicted octanol–water partition coefficient (Wildman–Crippen LogP) is 11.7. The van der Waals surface area contributed by atoms with E-state index in [9.17, 15) is 0 Å². The van der Waals surface area contributed by atoms with Crippen molar-refractivity contribution in [3.8, 4) is 11.1 Å². The van der Waals surface area contributed by atoms with Gasteiger partial charge in [-0.1, -0.05) is 146 Å². The fourth-order valence-electron chi connectivity index (χ4n) is 6.10. The van der Waals surface area contributed by atoms with Crippen LogP contribution in [-0.4, -0.2) is 0 Å². The molecule has 0 aromatic heterocycles. The third-order valence-corrected chi connectivity index (χ3v) is 8.55. The molecule has 0 bridgehead atoms. The van der Waals surface area contributed by atoms with Crippen LogP contribution in [-0.2, 0) is 6.42 Å². The molecule has 1 aliphatic carbocycles. The summed E-state index contributed by atoms with van der Waals surface area (Å²) < 4.78 is 0. The predicted molar refractivity (Wildman–Crippen MR) is 156 cm³/mol. The summed E-state index contributed by atoms with van der Waals surface area (Å²) in [6.07, 6.45) is 26.7. The quantitative estimate of drug-likeness (QED) is 0.200. The molecule has 0 aliphatic heterocycles. The molecule has 0 heteroatoms. The van der Waals surface area contributed by atoms with Gasteiger partial charge < -0.3 is 0 Å². The van der Waals surface area contributed by atoms with Gasteiger partial charge in [0.15, 0.2) is 0 Å². The van der Waals surface area contributed by atoms with Gasteiger partial charge in [-0.25, -0.2) is 0 Å². The molecule has 0 heterocycles. The Morgan fingerprint density at radius 3 is 1.57 bits per heavy atom. The van der Waals surface area contributed by atoms with Crippen molar-refractivity contribution < 1.29 is 0 Å². The highest BCUT2D eigenvalue weighted by molar-refractivity contribution is 5.64. The van der Waals surface area contributed by atoms with Gasteiger partial charge >= 0.3 is 0 Å². The molecule has 1 fully saturated rings. The van der Waals surface area contributed by atoms with Gasteiger partial charge in [-0.2, -0.15) is 0 Å². The highest BCUT2D eigenvalue weighted by Gasteiger charge is 2.22. The topological polar surface area (TPSA) is 0 Å².